The number of rotatable bonds is 1. The zero-order valence-corrected chi connectivity index (χ0v) is 6.23. The number of carbonyl (C=O) groups excluding carboxylic acids is 1. The molecule has 1 rings (SSSR count). The normalized spacial score (nSPS) is 9.30. The highest BCUT2D eigenvalue weighted by Crippen LogP contribution is 2.21. The Balaban J connectivity index is 2.74. The Morgan fingerprint density at radius 2 is 2.60 bits per heavy atom. The van der Waals surface area contributed by atoms with Crippen molar-refractivity contribution in [3.8, 4) is 0 Å². The first-order valence-corrected chi connectivity index (χ1v) is 3.45. The van der Waals surface area contributed by atoms with Crippen LogP contribution in [0.25, 0.3) is 0 Å². The molecule has 0 aliphatic carbocycles. The lowest BCUT2D eigenvalue weighted by molar-refractivity contribution is -0.114. The maximum atomic E-state index is 10.5. The SMILES string of the molecule is CC(=O)Nc1sncc1N. The summed E-state index contributed by atoms with van der Waals surface area (Å²) in [6.07, 6.45) is 1.51. The molecule has 1 aromatic heterocycles. The van der Waals surface area contributed by atoms with Gasteiger partial charge in [-0.1, -0.05) is 0 Å². The number of nitrogens with one attached hydrogen (secondary N) is 1. The number of hydrogen-bond donors (Lipinski definition) is 2. The summed E-state index contributed by atoms with van der Waals surface area (Å²) in [5.74, 6) is -0.129. The third-order valence-corrected chi connectivity index (χ3v) is 1.62. The highest BCUT2D eigenvalue weighted by Gasteiger charge is 2.01. The zero-order chi connectivity index (χ0) is 7.56. The van der Waals surface area contributed by atoms with Crippen LogP contribution in [0, 0.1) is 0 Å². The van der Waals surface area contributed by atoms with Crippen LogP contribution in [0.15, 0.2) is 6.20 Å². The van der Waals surface area contributed by atoms with E-state index in [4.69, 9.17) is 5.73 Å². The standard InChI is InChI=1S/C5H7N3OS/c1-3(9)8-5-4(6)2-7-10-5/h2H,6H2,1H3,(H,8,9). The van der Waals surface area contributed by atoms with E-state index in [1.54, 1.807) is 0 Å². The first-order valence-electron chi connectivity index (χ1n) is 2.68. The molecule has 1 aromatic rings. The van der Waals surface area contributed by atoms with Crippen molar-refractivity contribution in [3.05, 3.63) is 6.20 Å². The number of amides is 1. The van der Waals surface area contributed by atoms with Crippen molar-refractivity contribution >= 4 is 28.1 Å². The highest BCUT2D eigenvalue weighted by atomic mass is 32.1. The molecule has 1 amide bonds. The van der Waals surface area contributed by atoms with Gasteiger partial charge in [-0.2, -0.15) is 4.37 Å². The summed E-state index contributed by atoms with van der Waals surface area (Å²) in [5.41, 5.74) is 5.94. The molecular weight excluding hydrogens is 150 g/mol. The topological polar surface area (TPSA) is 68.0 Å². The van der Waals surface area contributed by atoms with Gasteiger partial charge < -0.3 is 11.1 Å². The van der Waals surface area contributed by atoms with Gasteiger partial charge in [-0.05, 0) is 11.5 Å². The quantitative estimate of drug-likeness (QED) is 0.630. The fourth-order valence-corrected chi connectivity index (χ4v) is 1.12. The predicted molar refractivity (Wildman–Crippen MR) is 40.8 cm³/mol. The van der Waals surface area contributed by atoms with Gasteiger partial charge >= 0.3 is 0 Å². The smallest absolute Gasteiger partial charge is 0.221 e. The number of nitrogens with zero attached hydrogens (tertiary/aromatic N) is 1. The van der Waals surface area contributed by atoms with Gasteiger partial charge in [-0.15, -0.1) is 0 Å². The molecule has 0 aromatic carbocycles. The maximum absolute atomic E-state index is 10.5. The Morgan fingerprint density at radius 3 is 3.00 bits per heavy atom. The first kappa shape index (κ1) is 7.01. The van der Waals surface area contributed by atoms with Gasteiger partial charge in [0.25, 0.3) is 0 Å². The number of anilines is 2. The second-order valence-electron chi connectivity index (χ2n) is 1.79. The van der Waals surface area contributed by atoms with Crippen LogP contribution in [0.1, 0.15) is 6.92 Å². The van der Waals surface area contributed by atoms with E-state index >= 15 is 0 Å². The molecule has 5 heteroatoms. The number of nitrogens with two attached hydrogens (primary N) is 1. The van der Waals surface area contributed by atoms with Crippen LogP contribution >= 0.6 is 11.5 Å². The van der Waals surface area contributed by atoms with E-state index in [1.807, 2.05) is 0 Å². The summed E-state index contributed by atoms with van der Waals surface area (Å²) < 4.78 is 3.78. The van der Waals surface area contributed by atoms with Crippen LogP contribution in [0.2, 0.25) is 0 Å². The lowest BCUT2D eigenvalue weighted by atomic mass is 10.5. The van der Waals surface area contributed by atoms with E-state index in [9.17, 15) is 4.79 Å². The number of nitrogen functional groups attached to an aromatic ring is 1. The summed E-state index contributed by atoms with van der Waals surface area (Å²) in [6.45, 7) is 1.43. The van der Waals surface area contributed by atoms with Crippen molar-refractivity contribution < 1.29 is 4.79 Å². The summed E-state index contributed by atoms with van der Waals surface area (Å²) in [6, 6.07) is 0. The number of carbonyl (C=O) groups is 1. The first-order chi connectivity index (χ1) is 4.70. The largest absolute Gasteiger partial charge is 0.395 e. The van der Waals surface area contributed by atoms with E-state index in [0.29, 0.717) is 10.7 Å². The molecule has 0 fully saturated rings. The van der Waals surface area contributed by atoms with Crippen LogP contribution in [-0.2, 0) is 4.79 Å². The molecule has 4 nitrogen and oxygen atoms in total. The Bertz CT molecular complexity index is 245. The van der Waals surface area contributed by atoms with Crippen molar-refractivity contribution in [2.45, 2.75) is 6.92 Å². The molecule has 0 atom stereocenters. The predicted octanol–water partition coefficient (Wildman–Crippen LogP) is 0.684. The molecule has 0 aliphatic rings. The van der Waals surface area contributed by atoms with Gasteiger partial charge in [0.05, 0.1) is 11.9 Å². The highest BCUT2D eigenvalue weighted by molar-refractivity contribution is 7.11. The molecule has 0 saturated heterocycles. The monoisotopic (exact) mass is 157 g/mol. The average molecular weight is 157 g/mol. The van der Waals surface area contributed by atoms with Gasteiger partial charge in [-0.25, -0.2) is 0 Å². The van der Waals surface area contributed by atoms with Crippen LogP contribution in [-0.4, -0.2) is 10.3 Å². The van der Waals surface area contributed by atoms with E-state index in [1.165, 1.54) is 24.7 Å². The Morgan fingerprint density at radius 1 is 1.90 bits per heavy atom. The van der Waals surface area contributed by atoms with Crippen LogP contribution in [0.4, 0.5) is 10.7 Å². The molecule has 0 bridgehead atoms. The minimum absolute atomic E-state index is 0.129. The van der Waals surface area contributed by atoms with Crippen molar-refractivity contribution in [2.24, 2.45) is 0 Å². The average Bonchev–Trinajstić information content (AvgIpc) is 2.15. The van der Waals surface area contributed by atoms with Crippen molar-refractivity contribution in [2.75, 3.05) is 11.1 Å². The van der Waals surface area contributed by atoms with E-state index in [0.717, 1.165) is 0 Å². The molecule has 0 radical (unpaired) electrons. The lowest BCUT2D eigenvalue weighted by Gasteiger charge is -1.95. The second-order valence-corrected chi connectivity index (χ2v) is 2.59. The fourth-order valence-electron chi connectivity index (χ4n) is 0.502. The Kier molecular flexibility index (Phi) is 1.86. The minimum atomic E-state index is -0.129. The molecular formula is C5H7N3OS. The minimum Gasteiger partial charge on any atom is -0.395 e. The molecule has 0 saturated carbocycles. The molecule has 0 spiro atoms. The van der Waals surface area contributed by atoms with Gasteiger partial charge in [-0.3, -0.25) is 4.79 Å². The van der Waals surface area contributed by atoms with E-state index < -0.39 is 0 Å². The molecule has 1 heterocycles. The van der Waals surface area contributed by atoms with Crippen LogP contribution in [0.5, 0.6) is 0 Å². The second kappa shape index (κ2) is 2.66. The van der Waals surface area contributed by atoms with Gasteiger partial charge in [0.15, 0.2) is 0 Å². The van der Waals surface area contributed by atoms with Crippen molar-refractivity contribution in [3.63, 3.8) is 0 Å². The van der Waals surface area contributed by atoms with Crippen LogP contribution < -0.4 is 11.1 Å². The molecule has 0 unspecified atom stereocenters. The maximum Gasteiger partial charge on any atom is 0.221 e. The van der Waals surface area contributed by atoms with Gasteiger partial charge in [0.1, 0.15) is 5.00 Å². The van der Waals surface area contributed by atoms with Crippen LogP contribution in [0.3, 0.4) is 0 Å². The fraction of sp³-hybridized carbons (Fsp3) is 0.200. The third-order valence-electron chi connectivity index (χ3n) is 0.888. The van der Waals surface area contributed by atoms with Gasteiger partial charge in [0.2, 0.25) is 5.91 Å². The summed E-state index contributed by atoms with van der Waals surface area (Å²) >= 11 is 1.17. The Hall–Kier alpha value is -1.10. The number of aromatic nitrogens is 1. The van der Waals surface area contributed by atoms with Crippen molar-refractivity contribution in [1.29, 1.82) is 0 Å². The summed E-state index contributed by atoms with van der Waals surface area (Å²) in [7, 11) is 0. The molecule has 3 N–H and O–H groups in total. The van der Waals surface area contributed by atoms with Gasteiger partial charge in [0, 0.05) is 6.92 Å². The molecule has 10 heavy (non-hydrogen) atoms. The Labute approximate surface area is 62.2 Å². The molecule has 54 valence electrons. The lowest BCUT2D eigenvalue weighted by Crippen LogP contribution is -2.05. The zero-order valence-electron chi connectivity index (χ0n) is 5.42. The summed E-state index contributed by atoms with van der Waals surface area (Å²) in [5, 5.41) is 3.16. The van der Waals surface area contributed by atoms with E-state index in [2.05, 4.69) is 9.69 Å². The summed E-state index contributed by atoms with van der Waals surface area (Å²) in [4.78, 5) is 10.5. The van der Waals surface area contributed by atoms with Crippen molar-refractivity contribution in [1.82, 2.24) is 4.37 Å². The van der Waals surface area contributed by atoms with E-state index in [-0.39, 0.29) is 5.91 Å². The number of hydrogen-bond acceptors (Lipinski definition) is 4. The third kappa shape index (κ3) is 1.44. The molecule has 0 aliphatic heterocycles.